The second-order valence-corrected chi connectivity index (χ2v) is 6.32. The molecule has 0 saturated heterocycles. The van der Waals surface area contributed by atoms with Gasteiger partial charge in [-0.1, -0.05) is 23.2 Å². The summed E-state index contributed by atoms with van der Waals surface area (Å²) in [7, 11) is 1.38. The van der Waals surface area contributed by atoms with Gasteiger partial charge in [0.1, 0.15) is 0 Å². The van der Waals surface area contributed by atoms with Crippen molar-refractivity contribution in [3.05, 3.63) is 21.7 Å². The number of nitrogen functional groups attached to an aromatic ring is 1. The highest BCUT2D eigenvalue weighted by Gasteiger charge is 2.36. The molecule has 1 radical (unpaired) electrons. The number of halogens is 2. The molecule has 4 nitrogen and oxygen atoms in total. The van der Waals surface area contributed by atoms with Crippen molar-refractivity contribution in [3.8, 4) is 0 Å². The van der Waals surface area contributed by atoms with Gasteiger partial charge in [0.05, 0.1) is 21.2 Å². The molecule has 0 bridgehead atoms. The van der Waals surface area contributed by atoms with Crippen LogP contribution in [0.1, 0.15) is 33.3 Å². The molecule has 1 rings (SSSR count). The van der Waals surface area contributed by atoms with E-state index in [0.29, 0.717) is 16.7 Å². The van der Waals surface area contributed by atoms with E-state index in [0.717, 1.165) is 6.21 Å². The quantitative estimate of drug-likeness (QED) is 0.443. The molecule has 109 valence electrons. The van der Waals surface area contributed by atoms with E-state index in [1.807, 2.05) is 0 Å². The van der Waals surface area contributed by atoms with E-state index in [9.17, 15) is 5.11 Å². The Morgan fingerprint density at radius 3 is 2.35 bits per heavy atom. The number of nitrogens with two attached hydrogens (primary N) is 1. The minimum atomic E-state index is -1.06. The van der Waals surface area contributed by atoms with E-state index in [1.165, 1.54) is 13.5 Å². The summed E-state index contributed by atoms with van der Waals surface area (Å²) in [6.07, 6.45) is 1.09. The maximum absolute atomic E-state index is 10.1. The number of aliphatic hydroxyl groups is 1. The highest BCUT2D eigenvalue weighted by molar-refractivity contribution is 6.58. The van der Waals surface area contributed by atoms with Crippen LogP contribution in [0.5, 0.6) is 0 Å². The van der Waals surface area contributed by atoms with Crippen molar-refractivity contribution in [1.29, 1.82) is 5.41 Å². The number of anilines is 1. The van der Waals surface area contributed by atoms with Gasteiger partial charge in [-0.15, -0.1) is 0 Å². The van der Waals surface area contributed by atoms with E-state index in [2.05, 4.69) is 0 Å². The molecule has 0 spiro atoms. The average molecular weight is 316 g/mol. The number of rotatable bonds is 5. The van der Waals surface area contributed by atoms with Crippen LogP contribution in [-0.2, 0) is 4.65 Å². The zero-order valence-corrected chi connectivity index (χ0v) is 13.4. The summed E-state index contributed by atoms with van der Waals surface area (Å²) < 4.78 is 5.64. The van der Waals surface area contributed by atoms with Crippen molar-refractivity contribution in [1.82, 2.24) is 0 Å². The van der Waals surface area contributed by atoms with Gasteiger partial charge in [0.25, 0.3) is 0 Å². The maximum atomic E-state index is 10.1. The lowest BCUT2D eigenvalue weighted by Gasteiger charge is -2.37. The van der Waals surface area contributed by atoms with E-state index in [1.54, 1.807) is 27.7 Å². The van der Waals surface area contributed by atoms with Crippen molar-refractivity contribution >= 4 is 48.0 Å². The first-order valence-corrected chi connectivity index (χ1v) is 6.78. The molecule has 0 aliphatic heterocycles. The van der Waals surface area contributed by atoms with Gasteiger partial charge in [-0.2, -0.15) is 0 Å². The molecule has 7 heteroatoms. The predicted octanol–water partition coefficient (Wildman–Crippen LogP) is 2.38. The van der Waals surface area contributed by atoms with Crippen molar-refractivity contribution in [2.45, 2.75) is 38.9 Å². The Hall–Kier alpha value is -0.745. The van der Waals surface area contributed by atoms with Gasteiger partial charge in [0.2, 0.25) is 0 Å². The second kappa shape index (κ2) is 5.94. The molecule has 0 amide bonds. The summed E-state index contributed by atoms with van der Waals surface area (Å²) in [6.45, 7) is 6.78. The maximum Gasteiger partial charge on any atom is 0.333 e. The first-order valence-electron chi connectivity index (χ1n) is 6.02. The van der Waals surface area contributed by atoms with Crippen molar-refractivity contribution in [3.63, 3.8) is 0 Å². The third kappa shape index (κ3) is 3.47. The van der Waals surface area contributed by atoms with Gasteiger partial charge in [-0.25, -0.2) is 0 Å². The van der Waals surface area contributed by atoms with Gasteiger partial charge in [0.15, 0.2) is 0 Å². The molecular weight excluding hydrogens is 298 g/mol. The predicted molar refractivity (Wildman–Crippen MR) is 85.6 cm³/mol. The van der Waals surface area contributed by atoms with E-state index in [-0.39, 0.29) is 10.0 Å². The second-order valence-electron chi connectivity index (χ2n) is 5.54. The molecule has 20 heavy (non-hydrogen) atoms. The summed E-state index contributed by atoms with van der Waals surface area (Å²) in [6, 6.07) is 1.49. The van der Waals surface area contributed by atoms with Gasteiger partial charge < -0.3 is 20.9 Å². The summed E-state index contributed by atoms with van der Waals surface area (Å²) in [5.74, 6) is 0. The molecule has 0 atom stereocenters. The zero-order chi connectivity index (χ0) is 15.7. The molecule has 1 aromatic rings. The Morgan fingerprint density at radius 1 is 1.35 bits per heavy atom. The minimum absolute atomic E-state index is 0.255. The first kappa shape index (κ1) is 17.3. The fourth-order valence-corrected chi connectivity index (χ4v) is 1.73. The molecule has 0 unspecified atom stereocenters. The third-order valence-corrected chi connectivity index (χ3v) is 4.22. The van der Waals surface area contributed by atoms with Gasteiger partial charge >= 0.3 is 7.48 Å². The standard InChI is InChI=1S/C13H18BCl2N2O2/c1-12(2,19)13(3,4)20-14-10-7(6-17)9(18)5-8(15)11(10)16/h5-6,17,19H,18H2,1-4H3. The highest BCUT2D eigenvalue weighted by Crippen LogP contribution is 2.27. The monoisotopic (exact) mass is 315 g/mol. The van der Waals surface area contributed by atoms with Gasteiger partial charge in [0, 0.05) is 17.5 Å². The molecular formula is C13H18BCl2N2O2. The third-order valence-electron chi connectivity index (χ3n) is 3.42. The lowest BCUT2D eigenvalue weighted by atomic mass is 9.80. The van der Waals surface area contributed by atoms with E-state index >= 15 is 0 Å². The molecule has 1 aromatic carbocycles. The Morgan fingerprint density at radius 2 is 1.90 bits per heavy atom. The van der Waals surface area contributed by atoms with Crippen molar-refractivity contribution in [2.75, 3.05) is 5.73 Å². The summed E-state index contributed by atoms with van der Waals surface area (Å²) in [4.78, 5) is 0. The van der Waals surface area contributed by atoms with Crippen LogP contribution in [0.3, 0.4) is 0 Å². The lowest BCUT2D eigenvalue weighted by molar-refractivity contribution is -0.0893. The van der Waals surface area contributed by atoms with Crippen LogP contribution >= 0.6 is 23.2 Å². The van der Waals surface area contributed by atoms with E-state index in [4.69, 9.17) is 39.0 Å². The lowest BCUT2D eigenvalue weighted by Crippen LogP contribution is -2.49. The Kier molecular flexibility index (Phi) is 5.14. The largest absolute Gasteiger partial charge is 0.427 e. The molecule has 0 fully saturated rings. The molecule has 0 saturated carbocycles. The molecule has 0 aliphatic rings. The molecule has 0 heterocycles. The Labute approximate surface area is 130 Å². The van der Waals surface area contributed by atoms with Crippen LogP contribution in [0.4, 0.5) is 5.69 Å². The van der Waals surface area contributed by atoms with Crippen LogP contribution < -0.4 is 11.2 Å². The highest BCUT2D eigenvalue weighted by atomic mass is 35.5. The Bertz CT molecular complexity index is 528. The smallest absolute Gasteiger partial charge is 0.333 e. The topological polar surface area (TPSA) is 79.3 Å². The average Bonchev–Trinajstić information content (AvgIpc) is 2.30. The van der Waals surface area contributed by atoms with Gasteiger partial charge in [-0.3, -0.25) is 0 Å². The Balaban J connectivity index is 3.13. The zero-order valence-electron chi connectivity index (χ0n) is 11.9. The minimum Gasteiger partial charge on any atom is -0.427 e. The fraction of sp³-hybridized carbons (Fsp3) is 0.462. The number of hydrogen-bond acceptors (Lipinski definition) is 4. The molecule has 0 aromatic heterocycles. The summed E-state index contributed by atoms with van der Waals surface area (Å²) in [5.41, 5.74) is 5.07. The fourth-order valence-electron chi connectivity index (χ4n) is 1.31. The van der Waals surface area contributed by atoms with Gasteiger partial charge in [-0.05, 0) is 39.2 Å². The van der Waals surface area contributed by atoms with Crippen LogP contribution in [0, 0.1) is 5.41 Å². The summed E-state index contributed by atoms with van der Waals surface area (Å²) >= 11 is 12.1. The van der Waals surface area contributed by atoms with Crippen molar-refractivity contribution in [2.24, 2.45) is 0 Å². The van der Waals surface area contributed by atoms with Crippen LogP contribution in [-0.4, -0.2) is 30.0 Å². The summed E-state index contributed by atoms with van der Waals surface area (Å²) in [5, 5.41) is 18.0. The first-order chi connectivity index (χ1) is 9.01. The normalized spacial score (nSPS) is 12.3. The SMILES string of the molecule is CC(C)(O)C(C)(C)O[B]c1c(Cl)c(Cl)cc(N)c1C=N. The van der Waals surface area contributed by atoms with Crippen LogP contribution in [0.15, 0.2) is 6.07 Å². The number of benzene rings is 1. The molecule has 0 aliphatic carbocycles. The molecule has 4 N–H and O–H groups in total. The van der Waals surface area contributed by atoms with Crippen LogP contribution in [0.25, 0.3) is 0 Å². The number of nitrogens with one attached hydrogen (secondary N) is 1. The van der Waals surface area contributed by atoms with Crippen LogP contribution in [0.2, 0.25) is 10.0 Å². The van der Waals surface area contributed by atoms with E-state index < -0.39 is 11.2 Å². The number of hydrogen-bond donors (Lipinski definition) is 3. The van der Waals surface area contributed by atoms with Crippen molar-refractivity contribution < 1.29 is 9.76 Å².